The predicted octanol–water partition coefficient (Wildman–Crippen LogP) is 6.50. The zero-order valence-corrected chi connectivity index (χ0v) is 21.7. The molecule has 0 spiro atoms. The number of thiazole rings is 1. The molecule has 7 heteroatoms. The lowest BCUT2D eigenvalue weighted by Crippen LogP contribution is -2.35. The maximum absolute atomic E-state index is 14.1. The Hall–Kier alpha value is -3.22. The second kappa shape index (κ2) is 8.77. The second-order valence-electron chi connectivity index (χ2n) is 9.93. The molecule has 0 fully saturated rings. The highest BCUT2D eigenvalue weighted by molar-refractivity contribution is 7.13. The minimum absolute atomic E-state index is 0.0584. The molecular formula is C28H26ClN3O2S. The first-order valence-electron chi connectivity index (χ1n) is 11.5. The highest BCUT2D eigenvalue weighted by Gasteiger charge is 2.35. The standard InChI is InChI=1S/C28H26ClN3O2S/c1-28(2)14-24-19(25(33)15-28)13-20(26-30-21(16-35-26)17-9-11-18(29)12-10-17)27(34)32(24)23-8-6-5-7-22(23)31(3)4/h5-13,16H,14-15H2,1-4H3. The normalized spacial score (nSPS) is 14.6. The van der Waals surface area contributed by atoms with E-state index in [1.165, 1.54) is 11.3 Å². The number of nitrogens with zero attached hydrogens (tertiary/aromatic N) is 3. The first-order chi connectivity index (χ1) is 16.6. The number of benzene rings is 2. The zero-order chi connectivity index (χ0) is 24.9. The maximum Gasteiger partial charge on any atom is 0.265 e. The fraction of sp³-hybridized carbons (Fsp3) is 0.250. The van der Waals surface area contributed by atoms with Crippen molar-refractivity contribution in [1.29, 1.82) is 0 Å². The van der Waals surface area contributed by atoms with Crippen LogP contribution in [-0.4, -0.2) is 29.4 Å². The molecule has 1 aliphatic carbocycles. The van der Waals surface area contributed by atoms with Crippen LogP contribution in [-0.2, 0) is 6.42 Å². The summed E-state index contributed by atoms with van der Waals surface area (Å²) < 4.78 is 1.74. The molecular weight excluding hydrogens is 478 g/mol. The second-order valence-corrected chi connectivity index (χ2v) is 11.2. The van der Waals surface area contributed by atoms with Gasteiger partial charge in [-0.15, -0.1) is 11.3 Å². The number of Topliss-reactive ketones (excluding diaryl/α,β-unsaturated/α-hetero) is 1. The summed E-state index contributed by atoms with van der Waals surface area (Å²) >= 11 is 7.44. The topological polar surface area (TPSA) is 55.2 Å². The molecule has 35 heavy (non-hydrogen) atoms. The van der Waals surface area contributed by atoms with Crippen LogP contribution in [0, 0.1) is 5.41 Å². The molecule has 0 aliphatic heterocycles. The van der Waals surface area contributed by atoms with Crippen LogP contribution in [0.5, 0.6) is 0 Å². The number of para-hydroxylation sites is 2. The van der Waals surface area contributed by atoms with Crippen LogP contribution in [0.2, 0.25) is 5.02 Å². The monoisotopic (exact) mass is 503 g/mol. The smallest absolute Gasteiger partial charge is 0.265 e. The Bertz CT molecular complexity index is 1500. The Morgan fingerprint density at radius 3 is 2.43 bits per heavy atom. The number of fused-ring (bicyclic) bond motifs is 1. The Morgan fingerprint density at radius 1 is 1.00 bits per heavy atom. The number of hydrogen-bond donors (Lipinski definition) is 0. The van der Waals surface area contributed by atoms with E-state index in [4.69, 9.17) is 16.6 Å². The van der Waals surface area contributed by atoms with Crippen molar-refractivity contribution in [3.05, 3.63) is 86.6 Å². The van der Waals surface area contributed by atoms with E-state index < -0.39 is 0 Å². The third-order valence-corrected chi connectivity index (χ3v) is 7.50. The van der Waals surface area contributed by atoms with E-state index in [1.807, 2.05) is 72.9 Å². The summed E-state index contributed by atoms with van der Waals surface area (Å²) in [6, 6.07) is 17.0. The highest BCUT2D eigenvalue weighted by Crippen LogP contribution is 2.38. The molecule has 178 valence electrons. The van der Waals surface area contributed by atoms with Crippen molar-refractivity contribution in [3.63, 3.8) is 0 Å². The van der Waals surface area contributed by atoms with E-state index in [-0.39, 0.29) is 16.8 Å². The molecule has 0 atom stereocenters. The summed E-state index contributed by atoms with van der Waals surface area (Å²) in [4.78, 5) is 34.2. The van der Waals surface area contributed by atoms with E-state index in [1.54, 1.807) is 10.6 Å². The number of carbonyl (C=O) groups excluding carboxylic acids is 1. The van der Waals surface area contributed by atoms with Gasteiger partial charge in [-0.1, -0.05) is 49.7 Å². The first-order valence-corrected chi connectivity index (χ1v) is 12.7. The third kappa shape index (κ3) is 4.32. The zero-order valence-electron chi connectivity index (χ0n) is 20.1. The van der Waals surface area contributed by atoms with Gasteiger partial charge in [0, 0.05) is 47.7 Å². The van der Waals surface area contributed by atoms with E-state index in [2.05, 4.69) is 13.8 Å². The molecule has 0 radical (unpaired) electrons. The SMILES string of the molecule is CN(C)c1ccccc1-n1c2c(cc(-c3nc(-c4ccc(Cl)cc4)cs3)c1=O)C(=O)CC(C)(C)C2. The minimum Gasteiger partial charge on any atom is -0.376 e. The average molecular weight is 504 g/mol. The van der Waals surface area contributed by atoms with Gasteiger partial charge in [0.2, 0.25) is 0 Å². The van der Waals surface area contributed by atoms with Gasteiger partial charge >= 0.3 is 0 Å². The summed E-state index contributed by atoms with van der Waals surface area (Å²) in [6.07, 6.45) is 1.08. The summed E-state index contributed by atoms with van der Waals surface area (Å²) in [6.45, 7) is 4.15. The van der Waals surface area contributed by atoms with Crippen LogP contribution in [0.3, 0.4) is 0 Å². The van der Waals surface area contributed by atoms with Crippen molar-refractivity contribution in [1.82, 2.24) is 9.55 Å². The number of pyridine rings is 1. The first kappa shape index (κ1) is 23.5. The van der Waals surface area contributed by atoms with Gasteiger partial charge in [0.25, 0.3) is 5.56 Å². The van der Waals surface area contributed by atoms with Gasteiger partial charge < -0.3 is 4.90 Å². The molecule has 1 aliphatic rings. The van der Waals surface area contributed by atoms with Gasteiger partial charge in [0.05, 0.1) is 22.6 Å². The molecule has 0 amide bonds. The van der Waals surface area contributed by atoms with Crippen LogP contribution in [0.15, 0.2) is 64.8 Å². The minimum atomic E-state index is -0.226. The third-order valence-electron chi connectivity index (χ3n) is 6.37. The number of hydrogen-bond acceptors (Lipinski definition) is 5. The van der Waals surface area contributed by atoms with Crippen molar-refractivity contribution < 1.29 is 4.79 Å². The fourth-order valence-corrected chi connectivity index (χ4v) is 5.67. The molecule has 0 bridgehead atoms. The van der Waals surface area contributed by atoms with E-state index >= 15 is 0 Å². The van der Waals surface area contributed by atoms with E-state index in [0.29, 0.717) is 34.0 Å². The van der Waals surface area contributed by atoms with E-state index in [0.717, 1.165) is 28.3 Å². The molecule has 0 unspecified atom stereocenters. The van der Waals surface area contributed by atoms with Crippen LogP contribution in [0.1, 0.15) is 36.3 Å². The van der Waals surface area contributed by atoms with E-state index in [9.17, 15) is 9.59 Å². The van der Waals surface area contributed by atoms with Crippen LogP contribution < -0.4 is 10.5 Å². The number of carbonyl (C=O) groups is 1. The molecule has 2 aromatic carbocycles. The summed E-state index contributed by atoms with van der Waals surface area (Å²) in [5, 5.41) is 3.18. The average Bonchev–Trinajstić information content (AvgIpc) is 3.28. The molecule has 2 aromatic heterocycles. The largest absolute Gasteiger partial charge is 0.376 e. The van der Waals surface area contributed by atoms with Gasteiger partial charge in [-0.05, 0) is 42.2 Å². The van der Waals surface area contributed by atoms with Gasteiger partial charge in [-0.25, -0.2) is 4.98 Å². The van der Waals surface area contributed by atoms with Crippen molar-refractivity contribution in [2.75, 3.05) is 19.0 Å². The molecule has 4 aromatic rings. The molecule has 0 N–H and O–H groups in total. The molecule has 5 nitrogen and oxygen atoms in total. The maximum atomic E-state index is 14.1. The molecule has 5 rings (SSSR count). The molecule has 0 saturated heterocycles. The number of rotatable bonds is 4. The van der Waals surface area contributed by atoms with Crippen LogP contribution in [0.4, 0.5) is 5.69 Å². The number of aromatic nitrogens is 2. The summed E-state index contributed by atoms with van der Waals surface area (Å²) in [5.41, 5.74) is 4.79. The Kier molecular flexibility index (Phi) is 5.90. The predicted molar refractivity (Wildman–Crippen MR) is 144 cm³/mol. The lowest BCUT2D eigenvalue weighted by atomic mass is 9.75. The highest BCUT2D eigenvalue weighted by atomic mass is 35.5. The van der Waals surface area contributed by atoms with Gasteiger partial charge in [-0.2, -0.15) is 0 Å². The quantitative estimate of drug-likeness (QED) is 0.319. The van der Waals surface area contributed by atoms with Crippen LogP contribution >= 0.6 is 22.9 Å². The summed E-state index contributed by atoms with van der Waals surface area (Å²) in [5.74, 6) is 0.0584. The molecule has 2 heterocycles. The van der Waals surface area contributed by atoms with Crippen molar-refractivity contribution >= 4 is 34.4 Å². The van der Waals surface area contributed by atoms with Crippen molar-refractivity contribution in [2.24, 2.45) is 5.41 Å². The fourth-order valence-electron chi connectivity index (χ4n) is 4.70. The van der Waals surface area contributed by atoms with Gasteiger partial charge in [-0.3, -0.25) is 14.2 Å². The summed E-state index contributed by atoms with van der Waals surface area (Å²) in [7, 11) is 3.91. The lowest BCUT2D eigenvalue weighted by Gasteiger charge is -2.33. The van der Waals surface area contributed by atoms with Gasteiger partial charge in [0.1, 0.15) is 5.01 Å². The van der Waals surface area contributed by atoms with Crippen molar-refractivity contribution in [2.45, 2.75) is 26.7 Å². The Balaban J connectivity index is 1.76. The van der Waals surface area contributed by atoms with Crippen LogP contribution in [0.25, 0.3) is 27.5 Å². The van der Waals surface area contributed by atoms with Gasteiger partial charge in [0.15, 0.2) is 5.78 Å². The number of ketones is 1. The number of anilines is 1. The Morgan fingerprint density at radius 2 is 1.71 bits per heavy atom. The number of halogens is 1. The lowest BCUT2D eigenvalue weighted by molar-refractivity contribution is 0.0909. The Labute approximate surface area is 213 Å². The van der Waals surface area contributed by atoms with Crippen molar-refractivity contribution in [3.8, 4) is 27.5 Å². The molecule has 0 saturated carbocycles.